The molecule has 0 bridgehead atoms. The Morgan fingerprint density at radius 2 is 1.00 bits per heavy atom. The molecule has 1 atom stereocenters. The van der Waals surface area contributed by atoms with Crippen molar-refractivity contribution in [3.63, 3.8) is 0 Å². The average Bonchev–Trinajstić information content (AvgIpc) is 2.70. The van der Waals surface area contributed by atoms with Crippen molar-refractivity contribution in [3.8, 4) is 0 Å². The van der Waals surface area contributed by atoms with Crippen LogP contribution in [0.25, 0.3) is 0 Å². The highest BCUT2D eigenvalue weighted by atomic mass is 31.1. The summed E-state index contributed by atoms with van der Waals surface area (Å²) in [6, 6.07) is 29.2. The smallest absolute Gasteiger partial charge is 0.327 e. The molecule has 1 unspecified atom stereocenters. The molecule has 3 aromatic carbocycles. The Labute approximate surface area is 160 Å². The van der Waals surface area contributed by atoms with E-state index in [1.54, 1.807) is 0 Å². The molecule has 0 radical (unpaired) electrons. The van der Waals surface area contributed by atoms with E-state index >= 15 is 0 Å². The first-order chi connectivity index (χ1) is 13.0. The van der Waals surface area contributed by atoms with Crippen molar-refractivity contribution in [2.45, 2.75) is 5.41 Å². The molecule has 0 aliphatic rings. The van der Waals surface area contributed by atoms with E-state index in [0.29, 0.717) is 0 Å². The van der Waals surface area contributed by atoms with Crippen LogP contribution in [0.4, 0.5) is 0 Å². The van der Waals surface area contributed by atoms with Crippen LogP contribution in [0, 0.1) is 0 Å². The summed E-state index contributed by atoms with van der Waals surface area (Å²) in [5.74, 6) is -0.328. The van der Waals surface area contributed by atoms with Gasteiger partial charge in [0.2, 0.25) is 0 Å². The minimum Gasteiger partial charge on any atom is -0.450 e. The molecule has 0 saturated carbocycles. The maximum atomic E-state index is 13.0. The largest absolute Gasteiger partial charge is 0.450 e. The Hall–Kier alpha value is -2.29. The Morgan fingerprint density at radius 3 is 1.22 bits per heavy atom. The summed E-state index contributed by atoms with van der Waals surface area (Å²) in [6.07, 6.45) is 0. The molecule has 2 N–H and O–H groups in total. The standard InChI is InChI=1S/C20H17O2P.H3O3P/c21-19(22-23)20(16-10-4-1-5-11-16,17-12-6-2-7-13-17)18-14-8-3-9-15-18;1-4(2)3/h1-15H,23H2;4H,(H2,1,2,3). The monoisotopic (exact) mass is 402 g/mol. The van der Waals surface area contributed by atoms with Gasteiger partial charge in [-0.1, -0.05) is 91.0 Å². The first kappa shape index (κ1) is 21.0. The van der Waals surface area contributed by atoms with E-state index in [9.17, 15) is 4.79 Å². The molecule has 3 rings (SSSR count). The van der Waals surface area contributed by atoms with E-state index in [-0.39, 0.29) is 5.97 Å². The van der Waals surface area contributed by atoms with Gasteiger partial charge in [-0.25, -0.2) is 0 Å². The SMILES string of the molecule is O=C(OP)C(c1ccccc1)(c1ccccc1)c1ccccc1.O=[PH](O)O. The minimum atomic E-state index is -3.13. The van der Waals surface area contributed by atoms with Crippen LogP contribution in [0.1, 0.15) is 16.7 Å². The normalized spacial score (nSPS) is 10.7. The van der Waals surface area contributed by atoms with Gasteiger partial charge in [0.15, 0.2) is 0 Å². The Balaban J connectivity index is 0.000000596. The van der Waals surface area contributed by atoms with E-state index in [1.807, 2.05) is 91.0 Å². The van der Waals surface area contributed by atoms with Crippen LogP contribution in [0.2, 0.25) is 0 Å². The highest BCUT2D eigenvalue weighted by molar-refractivity contribution is 7.30. The summed E-state index contributed by atoms with van der Waals surface area (Å²) in [7, 11) is -1.05. The van der Waals surface area contributed by atoms with Gasteiger partial charge < -0.3 is 14.3 Å². The fourth-order valence-electron chi connectivity index (χ4n) is 3.01. The fraction of sp³-hybridized carbons (Fsp3) is 0.0500. The molecule has 7 heteroatoms. The maximum absolute atomic E-state index is 13.0. The van der Waals surface area contributed by atoms with Crippen molar-refractivity contribution in [2.75, 3.05) is 0 Å². The minimum absolute atomic E-state index is 0.328. The third kappa shape index (κ3) is 4.91. The Morgan fingerprint density at radius 1 is 0.741 bits per heavy atom. The van der Waals surface area contributed by atoms with Gasteiger partial charge in [0.05, 0.1) is 9.47 Å². The van der Waals surface area contributed by atoms with Crippen molar-refractivity contribution in [1.29, 1.82) is 0 Å². The zero-order valence-corrected chi connectivity index (χ0v) is 16.5. The van der Waals surface area contributed by atoms with E-state index in [2.05, 4.69) is 9.47 Å². The van der Waals surface area contributed by atoms with Gasteiger partial charge in [-0.15, -0.1) is 0 Å². The molecule has 0 aliphatic carbocycles. The first-order valence-electron chi connectivity index (χ1n) is 8.03. The zero-order chi connectivity index (χ0) is 19.7. The van der Waals surface area contributed by atoms with Crippen LogP contribution in [-0.2, 0) is 19.3 Å². The van der Waals surface area contributed by atoms with E-state index < -0.39 is 13.7 Å². The van der Waals surface area contributed by atoms with E-state index in [0.717, 1.165) is 16.7 Å². The van der Waals surface area contributed by atoms with Gasteiger partial charge in [0.1, 0.15) is 5.41 Å². The maximum Gasteiger partial charge on any atom is 0.327 e. The number of carbonyl (C=O) groups excluding carboxylic acids is 1. The van der Waals surface area contributed by atoms with Gasteiger partial charge >= 0.3 is 14.2 Å². The zero-order valence-electron chi connectivity index (χ0n) is 14.4. The van der Waals surface area contributed by atoms with Crippen molar-refractivity contribution in [1.82, 2.24) is 0 Å². The summed E-state index contributed by atoms with van der Waals surface area (Å²) < 4.78 is 13.9. The second-order valence-corrected chi connectivity index (χ2v) is 6.34. The average molecular weight is 402 g/mol. The second-order valence-electron chi connectivity index (χ2n) is 5.54. The van der Waals surface area contributed by atoms with E-state index in [1.165, 1.54) is 0 Å². The van der Waals surface area contributed by atoms with Crippen molar-refractivity contribution < 1.29 is 23.7 Å². The topological polar surface area (TPSA) is 83.8 Å². The van der Waals surface area contributed by atoms with Crippen LogP contribution in [0.3, 0.4) is 0 Å². The number of hydrogen-bond acceptors (Lipinski definition) is 3. The predicted octanol–water partition coefficient (Wildman–Crippen LogP) is 3.72. The predicted molar refractivity (Wildman–Crippen MR) is 108 cm³/mol. The van der Waals surface area contributed by atoms with Gasteiger partial charge in [-0.3, -0.25) is 9.36 Å². The highest BCUT2D eigenvalue weighted by Gasteiger charge is 2.44. The molecule has 0 fully saturated rings. The van der Waals surface area contributed by atoms with Crippen molar-refractivity contribution >= 4 is 23.7 Å². The lowest BCUT2D eigenvalue weighted by Gasteiger charge is -2.32. The molecule has 5 nitrogen and oxygen atoms in total. The van der Waals surface area contributed by atoms with Crippen LogP contribution >= 0.6 is 17.7 Å². The van der Waals surface area contributed by atoms with Gasteiger partial charge in [-0.2, -0.15) is 0 Å². The fourth-order valence-corrected chi connectivity index (χ4v) is 3.18. The molecule has 0 aromatic heterocycles. The third-order valence-electron chi connectivity index (χ3n) is 4.03. The van der Waals surface area contributed by atoms with Crippen molar-refractivity contribution in [2.24, 2.45) is 0 Å². The molecule has 0 saturated heterocycles. The molecule has 0 amide bonds. The molecular weight excluding hydrogens is 382 g/mol. The van der Waals surface area contributed by atoms with Gasteiger partial charge in [0, 0.05) is 0 Å². The van der Waals surface area contributed by atoms with Crippen LogP contribution in [0.15, 0.2) is 91.0 Å². The molecule has 140 valence electrons. The lowest BCUT2D eigenvalue weighted by atomic mass is 9.69. The quantitative estimate of drug-likeness (QED) is 0.513. The summed E-state index contributed by atoms with van der Waals surface area (Å²) in [6.45, 7) is 0. The summed E-state index contributed by atoms with van der Waals surface area (Å²) in [5.41, 5.74) is 1.64. The van der Waals surface area contributed by atoms with Crippen molar-refractivity contribution in [3.05, 3.63) is 108 Å². The highest BCUT2D eigenvalue weighted by Crippen LogP contribution is 2.40. The summed E-state index contributed by atoms with van der Waals surface area (Å²) >= 11 is 0. The number of benzene rings is 3. The molecule has 0 spiro atoms. The van der Waals surface area contributed by atoms with Gasteiger partial charge in [-0.05, 0) is 16.7 Å². The summed E-state index contributed by atoms with van der Waals surface area (Å²) in [5, 5.41) is 0. The van der Waals surface area contributed by atoms with E-state index in [4.69, 9.17) is 18.9 Å². The summed E-state index contributed by atoms with van der Waals surface area (Å²) in [4.78, 5) is 27.3. The molecular formula is C20H20O5P2. The molecule has 0 aliphatic heterocycles. The first-order valence-corrected chi connectivity index (χ1v) is 9.80. The van der Waals surface area contributed by atoms with Crippen LogP contribution in [0.5, 0.6) is 0 Å². The molecule has 3 aromatic rings. The van der Waals surface area contributed by atoms with Crippen LogP contribution < -0.4 is 0 Å². The molecule has 0 heterocycles. The molecule has 27 heavy (non-hydrogen) atoms. The number of hydrogen-bond donors (Lipinski definition) is 2. The third-order valence-corrected chi connectivity index (χ3v) is 4.25. The van der Waals surface area contributed by atoms with Gasteiger partial charge in [0.25, 0.3) is 0 Å². The Bertz CT molecular complexity index is 770. The lowest BCUT2D eigenvalue weighted by molar-refractivity contribution is -0.136. The number of rotatable bonds is 4. The van der Waals surface area contributed by atoms with Crippen LogP contribution in [-0.4, -0.2) is 15.8 Å². The number of carbonyl (C=O) groups is 1. The second kappa shape index (κ2) is 10.1. The Kier molecular flexibility index (Phi) is 7.90. The lowest BCUT2D eigenvalue weighted by Crippen LogP contribution is -2.38.